The fourth-order valence-electron chi connectivity index (χ4n) is 3.35. The summed E-state index contributed by atoms with van der Waals surface area (Å²) < 4.78 is 0. The molecule has 0 aliphatic heterocycles. The van der Waals surface area contributed by atoms with Crippen LogP contribution in [-0.2, 0) is 6.54 Å². The van der Waals surface area contributed by atoms with E-state index in [0.29, 0.717) is 12.4 Å². The van der Waals surface area contributed by atoms with Gasteiger partial charge in [0.2, 0.25) is 0 Å². The molecule has 0 aliphatic carbocycles. The van der Waals surface area contributed by atoms with Crippen molar-refractivity contribution in [1.82, 2.24) is 25.3 Å². The van der Waals surface area contributed by atoms with Gasteiger partial charge >= 0.3 is 0 Å². The summed E-state index contributed by atoms with van der Waals surface area (Å²) in [6.45, 7) is 5.82. The first-order chi connectivity index (χ1) is 15.4. The lowest BCUT2D eigenvalue weighted by molar-refractivity contribution is 0.0949. The Hall–Kier alpha value is -4.13. The van der Waals surface area contributed by atoms with Gasteiger partial charge in [0.25, 0.3) is 11.5 Å². The summed E-state index contributed by atoms with van der Waals surface area (Å²) in [6, 6.07) is 15.1. The number of rotatable bonds is 5. The highest BCUT2D eigenvalue weighted by atomic mass is 16.2. The van der Waals surface area contributed by atoms with E-state index in [1.807, 2.05) is 56.3 Å². The zero-order valence-electron chi connectivity index (χ0n) is 18.1. The van der Waals surface area contributed by atoms with E-state index in [1.165, 1.54) is 0 Å². The van der Waals surface area contributed by atoms with Gasteiger partial charge in [0.05, 0.1) is 11.4 Å². The van der Waals surface area contributed by atoms with E-state index in [-0.39, 0.29) is 11.1 Å². The summed E-state index contributed by atoms with van der Waals surface area (Å²) >= 11 is 0. The van der Waals surface area contributed by atoms with Gasteiger partial charge in [-0.15, -0.1) is 0 Å². The van der Waals surface area contributed by atoms with E-state index in [0.717, 1.165) is 39.3 Å². The normalized spacial score (nSPS) is 10.7. The molecule has 1 amide bonds. The van der Waals surface area contributed by atoms with Crippen LogP contribution in [0.25, 0.3) is 22.5 Å². The van der Waals surface area contributed by atoms with E-state index in [2.05, 4.69) is 25.3 Å². The molecule has 1 aromatic carbocycles. The fourth-order valence-corrected chi connectivity index (χ4v) is 3.35. The number of carbonyl (C=O) groups is 1. The lowest BCUT2D eigenvalue weighted by atomic mass is 10.0. The van der Waals surface area contributed by atoms with Crippen LogP contribution in [0.1, 0.15) is 33.0 Å². The molecule has 3 aromatic heterocycles. The van der Waals surface area contributed by atoms with Crippen molar-refractivity contribution in [3.63, 3.8) is 0 Å². The van der Waals surface area contributed by atoms with E-state index >= 15 is 0 Å². The van der Waals surface area contributed by atoms with Crippen LogP contribution < -0.4 is 10.9 Å². The number of hydrogen-bond acceptors (Lipinski definition) is 5. The van der Waals surface area contributed by atoms with E-state index < -0.39 is 5.91 Å². The molecule has 0 bridgehead atoms. The van der Waals surface area contributed by atoms with E-state index in [9.17, 15) is 9.59 Å². The van der Waals surface area contributed by atoms with Crippen LogP contribution in [0.2, 0.25) is 0 Å². The van der Waals surface area contributed by atoms with Crippen LogP contribution in [0.3, 0.4) is 0 Å². The molecule has 7 heteroatoms. The van der Waals surface area contributed by atoms with Crippen LogP contribution in [0.15, 0.2) is 65.7 Å². The molecule has 0 atom stereocenters. The van der Waals surface area contributed by atoms with Gasteiger partial charge in [-0.05, 0) is 50.1 Å². The fraction of sp³-hybridized carbons (Fsp3) is 0.160. The minimum atomic E-state index is -0.401. The first-order valence-corrected chi connectivity index (χ1v) is 10.3. The standard InChI is InChI=1S/C25H23N5O2/c1-15-12-20(25(32)29-16(15)2)24(31)28-13-18-7-9-19(10-8-18)23-21(14-27-17(3)30-23)22-6-4-5-11-26-22/h4-12,14H,13H2,1-3H3,(H,28,31)(H,29,32). The minimum Gasteiger partial charge on any atom is -0.348 e. The highest BCUT2D eigenvalue weighted by Crippen LogP contribution is 2.28. The number of H-pyrrole nitrogens is 1. The number of hydrogen-bond donors (Lipinski definition) is 2. The Morgan fingerprint density at radius 3 is 2.53 bits per heavy atom. The molecule has 160 valence electrons. The van der Waals surface area contributed by atoms with Crippen LogP contribution in [-0.4, -0.2) is 25.8 Å². The maximum Gasteiger partial charge on any atom is 0.261 e. The molecule has 0 spiro atoms. The number of amides is 1. The number of aromatic nitrogens is 4. The van der Waals surface area contributed by atoms with Gasteiger partial charge in [-0.3, -0.25) is 14.6 Å². The predicted octanol–water partition coefficient (Wildman–Crippen LogP) is 3.75. The average Bonchev–Trinajstić information content (AvgIpc) is 2.80. The summed E-state index contributed by atoms with van der Waals surface area (Å²) in [4.78, 5) is 40.6. The summed E-state index contributed by atoms with van der Waals surface area (Å²) in [6.07, 6.45) is 3.53. The van der Waals surface area contributed by atoms with Crippen LogP contribution in [0, 0.1) is 20.8 Å². The number of aryl methyl sites for hydroxylation is 3. The van der Waals surface area contributed by atoms with Gasteiger partial charge < -0.3 is 10.3 Å². The topological polar surface area (TPSA) is 101 Å². The Bertz CT molecular complexity index is 1330. The highest BCUT2D eigenvalue weighted by Gasteiger charge is 2.13. The molecule has 0 unspecified atom stereocenters. The highest BCUT2D eigenvalue weighted by molar-refractivity contribution is 5.94. The summed E-state index contributed by atoms with van der Waals surface area (Å²) in [5, 5.41) is 2.81. The van der Waals surface area contributed by atoms with Crippen molar-refractivity contribution in [1.29, 1.82) is 0 Å². The molecule has 2 N–H and O–H groups in total. The smallest absolute Gasteiger partial charge is 0.261 e. The maximum absolute atomic E-state index is 12.5. The second kappa shape index (κ2) is 8.93. The minimum absolute atomic E-state index is 0.112. The van der Waals surface area contributed by atoms with Crippen molar-refractivity contribution in [2.75, 3.05) is 0 Å². The Balaban J connectivity index is 1.54. The van der Waals surface area contributed by atoms with Crippen molar-refractivity contribution in [2.45, 2.75) is 27.3 Å². The molecule has 0 fully saturated rings. The zero-order chi connectivity index (χ0) is 22.7. The van der Waals surface area contributed by atoms with Crippen LogP contribution >= 0.6 is 0 Å². The SMILES string of the molecule is Cc1ncc(-c2ccccn2)c(-c2ccc(CNC(=O)c3cc(C)c(C)[nH]c3=O)cc2)n1. The predicted molar refractivity (Wildman–Crippen MR) is 123 cm³/mol. The van der Waals surface area contributed by atoms with Gasteiger partial charge in [0.15, 0.2) is 0 Å². The van der Waals surface area contributed by atoms with Crippen molar-refractivity contribution < 1.29 is 4.79 Å². The number of carbonyl (C=O) groups excluding carboxylic acids is 1. The third kappa shape index (κ3) is 4.46. The number of benzene rings is 1. The third-order valence-corrected chi connectivity index (χ3v) is 5.27. The Kier molecular flexibility index (Phi) is 5.89. The van der Waals surface area contributed by atoms with Crippen molar-refractivity contribution in [2.24, 2.45) is 0 Å². The van der Waals surface area contributed by atoms with Gasteiger partial charge in [-0.1, -0.05) is 30.3 Å². The second-order valence-electron chi connectivity index (χ2n) is 7.59. The van der Waals surface area contributed by atoms with Crippen molar-refractivity contribution in [3.8, 4) is 22.5 Å². The number of pyridine rings is 2. The largest absolute Gasteiger partial charge is 0.348 e. The molecule has 4 aromatic rings. The molecule has 7 nitrogen and oxygen atoms in total. The van der Waals surface area contributed by atoms with Crippen LogP contribution in [0.4, 0.5) is 0 Å². The lowest BCUT2D eigenvalue weighted by Gasteiger charge is -2.10. The van der Waals surface area contributed by atoms with Crippen molar-refractivity contribution >= 4 is 5.91 Å². The lowest BCUT2D eigenvalue weighted by Crippen LogP contribution is -2.29. The summed E-state index contributed by atoms with van der Waals surface area (Å²) in [7, 11) is 0. The first kappa shape index (κ1) is 21.1. The Labute approximate surface area is 185 Å². The Morgan fingerprint density at radius 2 is 1.81 bits per heavy atom. The zero-order valence-corrected chi connectivity index (χ0v) is 18.1. The van der Waals surface area contributed by atoms with E-state index in [1.54, 1.807) is 25.4 Å². The quantitative estimate of drug-likeness (QED) is 0.507. The van der Waals surface area contributed by atoms with Gasteiger partial charge in [0.1, 0.15) is 11.4 Å². The van der Waals surface area contributed by atoms with Crippen LogP contribution in [0.5, 0.6) is 0 Å². The molecule has 0 saturated carbocycles. The number of nitrogens with one attached hydrogen (secondary N) is 2. The molecule has 0 radical (unpaired) electrons. The summed E-state index contributed by atoms with van der Waals surface area (Å²) in [5.74, 6) is 0.275. The average molecular weight is 425 g/mol. The Morgan fingerprint density at radius 1 is 1.03 bits per heavy atom. The monoisotopic (exact) mass is 425 g/mol. The van der Waals surface area contributed by atoms with Crippen molar-refractivity contribution in [3.05, 3.63) is 99.5 Å². The molecular formula is C25H23N5O2. The van der Waals surface area contributed by atoms with Gasteiger partial charge in [0, 0.05) is 35.8 Å². The molecule has 32 heavy (non-hydrogen) atoms. The number of aromatic amines is 1. The second-order valence-corrected chi connectivity index (χ2v) is 7.59. The van der Waals surface area contributed by atoms with E-state index in [4.69, 9.17) is 0 Å². The summed E-state index contributed by atoms with van der Waals surface area (Å²) in [5.41, 5.74) is 5.64. The molecule has 3 heterocycles. The molecule has 0 saturated heterocycles. The third-order valence-electron chi connectivity index (χ3n) is 5.27. The van der Waals surface area contributed by atoms with Gasteiger partial charge in [-0.2, -0.15) is 0 Å². The molecule has 4 rings (SSSR count). The first-order valence-electron chi connectivity index (χ1n) is 10.3. The van der Waals surface area contributed by atoms with Gasteiger partial charge in [-0.25, -0.2) is 9.97 Å². The molecule has 0 aliphatic rings. The molecular weight excluding hydrogens is 402 g/mol. The number of nitrogens with zero attached hydrogens (tertiary/aromatic N) is 3. The maximum atomic E-state index is 12.5.